The molecule has 2 heterocycles. The third-order valence-electron chi connectivity index (χ3n) is 4.08. The van der Waals surface area contributed by atoms with Gasteiger partial charge in [0.2, 0.25) is 0 Å². The third kappa shape index (κ3) is 3.04. The standard InChI is InChI=1S/C14H21N3O2/c1-10-7-13(18)16-14(15-10)12-9-17(5-6-19-12)8-11-3-2-4-11/h7,11-12H,2-6,8-9H2,1H3,(H,15,16,18)/t12-/m1/s1. The molecule has 0 spiro atoms. The maximum atomic E-state index is 11.5. The quantitative estimate of drug-likeness (QED) is 0.891. The van der Waals surface area contributed by atoms with E-state index < -0.39 is 0 Å². The normalized spacial score (nSPS) is 25.2. The molecule has 1 saturated carbocycles. The van der Waals surface area contributed by atoms with E-state index in [0.29, 0.717) is 5.82 Å². The number of rotatable bonds is 3. The van der Waals surface area contributed by atoms with Crippen molar-refractivity contribution in [3.63, 3.8) is 0 Å². The molecule has 1 aliphatic carbocycles. The second-order valence-electron chi connectivity index (χ2n) is 5.69. The first-order chi connectivity index (χ1) is 9.20. The van der Waals surface area contributed by atoms with Crippen LogP contribution in [0, 0.1) is 12.8 Å². The van der Waals surface area contributed by atoms with Gasteiger partial charge in [-0.2, -0.15) is 0 Å². The number of nitrogens with zero attached hydrogens (tertiary/aromatic N) is 2. The summed E-state index contributed by atoms with van der Waals surface area (Å²) >= 11 is 0. The SMILES string of the molecule is Cc1cc(=O)[nH]c([C@H]2CN(CC3CCC3)CCO2)n1. The van der Waals surface area contributed by atoms with Crippen molar-refractivity contribution < 1.29 is 4.74 Å². The van der Waals surface area contributed by atoms with Crippen molar-refractivity contribution in [1.29, 1.82) is 0 Å². The topological polar surface area (TPSA) is 58.2 Å². The average Bonchev–Trinajstić information content (AvgIpc) is 2.33. The molecule has 1 aromatic rings. The Labute approximate surface area is 113 Å². The number of hydrogen-bond acceptors (Lipinski definition) is 4. The van der Waals surface area contributed by atoms with Gasteiger partial charge in [-0.1, -0.05) is 6.42 Å². The third-order valence-corrected chi connectivity index (χ3v) is 4.08. The van der Waals surface area contributed by atoms with E-state index in [1.807, 2.05) is 6.92 Å². The molecule has 0 radical (unpaired) electrons. The predicted octanol–water partition coefficient (Wildman–Crippen LogP) is 1.25. The molecule has 3 rings (SSSR count). The second-order valence-corrected chi connectivity index (χ2v) is 5.69. The number of aryl methyl sites for hydroxylation is 1. The Morgan fingerprint density at radius 3 is 3.05 bits per heavy atom. The second kappa shape index (κ2) is 5.43. The zero-order chi connectivity index (χ0) is 13.2. The summed E-state index contributed by atoms with van der Waals surface area (Å²) in [5.74, 6) is 1.53. The highest BCUT2D eigenvalue weighted by Gasteiger charge is 2.27. The molecular weight excluding hydrogens is 242 g/mol. The van der Waals surface area contributed by atoms with Crippen LogP contribution >= 0.6 is 0 Å². The Balaban J connectivity index is 1.68. The lowest BCUT2D eigenvalue weighted by molar-refractivity contribution is -0.0422. The molecule has 104 valence electrons. The monoisotopic (exact) mass is 263 g/mol. The maximum absolute atomic E-state index is 11.5. The first-order valence-corrected chi connectivity index (χ1v) is 7.12. The lowest BCUT2D eigenvalue weighted by Gasteiger charge is -2.37. The van der Waals surface area contributed by atoms with Gasteiger partial charge in [0.1, 0.15) is 11.9 Å². The van der Waals surface area contributed by atoms with Crippen molar-refractivity contribution in [2.75, 3.05) is 26.2 Å². The number of aromatic amines is 1. The fourth-order valence-corrected chi connectivity index (χ4v) is 2.83. The number of aromatic nitrogens is 2. The van der Waals surface area contributed by atoms with Crippen molar-refractivity contribution in [2.24, 2.45) is 5.92 Å². The minimum Gasteiger partial charge on any atom is -0.368 e. The minimum atomic E-state index is -0.0959. The van der Waals surface area contributed by atoms with Crippen molar-refractivity contribution in [2.45, 2.75) is 32.3 Å². The number of morpholine rings is 1. The highest BCUT2D eigenvalue weighted by Crippen LogP contribution is 2.28. The van der Waals surface area contributed by atoms with Crippen LogP contribution in [0.5, 0.6) is 0 Å². The van der Waals surface area contributed by atoms with Crippen LogP contribution < -0.4 is 5.56 Å². The van der Waals surface area contributed by atoms with Crippen molar-refractivity contribution >= 4 is 0 Å². The van der Waals surface area contributed by atoms with Crippen LogP contribution in [0.1, 0.15) is 36.9 Å². The number of nitrogens with one attached hydrogen (secondary N) is 1. The fourth-order valence-electron chi connectivity index (χ4n) is 2.83. The lowest BCUT2D eigenvalue weighted by Crippen LogP contribution is -2.42. The van der Waals surface area contributed by atoms with E-state index in [9.17, 15) is 4.79 Å². The Bertz CT molecular complexity index is 496. The molecule has 0 bridgehead atoms. The van der Waals surface area contributed by atoms with Crippen LogP contribution in [0.15, 0.2) is 10.9 Å². The van der Waals surface area contributed by atoms with Gasteiger partial charge < -0.3 is 9.72 Å². The summed E-state index contributed by atoms with van der Waals surface area (Å²) in [4.78, 5) is 21.1. The summed E-state index contributed by atoms with van der Waals surface area (Å²) in [7, 11) is 0. The van der Waals surface area contributed by atoms with Crippen LogP contribution in [0.4, 0.5) is 0 Å². The highest BCUT2D eigenvalue weighted by molar-refractivity contribution is 5.03. The molecule has 1 atom stereocenters. The molecule has 0 amide bonds. The number of H-pyrrole nitrogens is 1. The van der Waals surface area contributed by atoms with E-state index in [4.69, 9.17) is 4.74 Å². The smallest absolute Gasteiger partial charge is 0.251 e. The van der Waals surface area contributed by atoms with Gasteiger partial charge in [-0.3, -0.25) is 9.69 Å². The fraction of sp³-hybridized carbons (Fsp3) is 0.714. The molecule has 0 aromatic carbocycles. The largest absolute Gasteiger partial charge is 0.368 e. The van der Waals surface area contributed by atoms with Gasteiger partial charge in [0, 0.05) is 31.4 Å². The number of hydrogen-bond donors (Lipinski definition) is 1. The molecule has 2 fully saturated rings. The van der Waals surface area contributed by atoms with Gasteiger partial charge in [0.05, 0.1) is 6.61 Å². The number of ether oxygens (including phenoxy) is 1. The molecule has 1 aromatic heterocycles. The Morgan fingerprint density at radius 2 is 2.37 bits per heavy atom. The Morgan fingerprint density at radius 1 is 1.53 bits per heavy atom. The Kier molecular flexibility index (Phi) is 3.66. The van der Waals surface area contributed by atoms with Crippen molar-refractivity contribution in [3.05, 3.63) is 27.9 Å². The Hall–Kier alpha value is -1.20. The lowest BCUT2D eigenvalue weighted by atomic mass is 9.85. The highest BCUT2D eigenvalue weighted by atomic mass is 16.5. The minimum absolute atomic E-state index is 0.0952. The molecule has 0 unspecified atom stereocenters. The van der Waals surface area contributed by atoms with Crippen molar-refractivity contribution in [3.8, 4) is 0 Å². The molecule has 1 saturated heterocycles. The van der Waals surface area contributed by atoms with Crippen LogP contribution in [-0.4, -0.2) is 41.1 Å². The molecule has 19 heavy (non-hydrogen) atoms. The van der Waals surface area contributed by atoms with Crippen LogP contribution in [0.3, 0.4) is 0 Å². The van der Waals surface area contributed by atoms with Gasteiger partial charge in [-0.25, -0.2) is 4.98 Å². The molecule has 5 nitrogen and oxygen atoms in total. The zero-order valence-corrected chi connectivity index (χ0v) is 11.4. The first-order valence-electron chi connectivity index (χ1n) is 7.12. The molecule has 1 aliphatic heterocycles. The van der Waals surface area contributed by atoms with Gasteiger partial charge in [-0.15, -0.1) is 0 Å². The maximum Gasteiger partial charge on any atom is 0.251 e. The van der Waals surface area contributed by atoms with Crippen LogP contribution in [0.2, 0.25) is 0 Å². The summed E-state index contributed by atoms with van der Waals surface area (Å²) in [5, 5.41) is 0. The summed E-state index contributed by atoms with van der Waals surface area (Å²) in [6.07, 6.45) is 4.01. The molecular formula is C14H21N3O2. The first kappa shape index (κ1) is 12.8. The van der Waals surface area contributed by atoms with Gasteiger partial charge in [0.15, 0.2) is 0 Å². The molecule has 5 heteroatoms. The average molecular weight is 263 g/mol. The molecule has 2 aliphatic rings. The summed E-state index contributed by atoms with van der Waals surface area (Å²) in [6, 6.07) is 1.51. The van der Waals surface area contributed by atoms with E-state index >= 15 is 0 Å². The van der Waals surface area contributed by atoms with Crippen LogP contribution in [0.25, 0.3) is 0 Å². The van der Waals surface area contributed by atoms with Crippen LogP contribution in [-0.2, 0) is 4.74 Å². The summed E-state index contributed by atoms with van der Waals surface area (Å²) < 4.78 is 5.76. The van der Waals surface area contributed by atoms with E-state index in [2.05, 4.69) is 14.9 Å². The molecule has 1 N–H and O–H groups in total. The summed E-state index contributed by atoms with van der Waals surface area (Å²) in [6.45, 7) is 5.55. The van der Waals surface area contributed by atoms with E-state index in [-0.39, 0.29) is 11.7 Å². The predicted molar refractivity (Wildman–Crippen MR) is 72.1 cm³/mol. The van der Waals surface area contributed by atoms with E-state index in [1.54, 1.807) is 0 Å². The van der Waals surface area contributed by atoms with Crippen molar-refractivity contribution in [1.82, 2.24) is 14.9 Å². The van der Waals surface area contributed by atoms with Gasteiger partial charge >= 0.3 is 0 Å². The zero-order valence-electron chi connectivity index (χ0n) is 11.4. The van der Waals surface area contributed by atoms with E-state index in [0.717, 1.165) is 37.9 Å². The van der Waals surface area contributed by atoms with Gasteiger partial charge in [-0.05, 0) is 25.7 Å². The van der Waals surface area contributed by atoms with E-state index in [1.165, 1.54) is 25.3 Å². The van der Waals surface area contributed by atoms with Gasteiger partial charge in [0.25, 0.3) is 5.56 Å². The summed E-state index contributed by atoms with van der Waals surface area (Å²) in [5.41, 5.74) is 0.653.